The molecule has 0 saturated heterocycles. The van der Waals surface area contributed by atoms with Crippen LogP contribution in [0.2, 0.25) is 0 Å². The largest absolute Gasteiger partial charge is 0.490 e. The molecule has 1 aromatic carbocycles. The van der Waals surface area contributed by atoms with Gasteiger partial charge in [-0.25, -0.2) is 0 Å². The zero-order chi connectivity index (χ0) is 31.5. The first kappa shape index (κ1) is 33.9. The summed E-state index contributed by atoms with van der Waals surface area (Å²) >= 11 is 0. The topological polar surface area (TPSA) is 104 Å². The Balaban J connectivity index is 1.59. The molecule has 2 aromatic rings. The van der Waals surface area contributed by atoms with Gasteiger partial charge in [-0.05, 0) is 89.2 Å². The van der Waals surface area contributed by atoms with Crippen LogP contribution in [-0.2, 0) is 4.74 Å². The normalized spacial score (nSPS) is 23.4. The van der Waals surface area contributed by atoms with Crippen LogP contribution in [0.25, 0.3) is 0 Å². The zero-order valence-corrected chi connectivity index (χ0v) is 27.0. The summed E-state index contributed by atoms with van der Waals surface area (Å²) in [6, 6.07) is 8.07. The van der Waals surface area contributed by atoms with Crippen molar-refractivity contribution in [2.24, 2.45) is 11.8 Å². The Morgan fingerprint density at radius 3 is 2.52 bits per heavy atom. The summed E-state index contributed by atoms with van der Waals surface area (Å²) in [5, 5.41) is 13.1. The van der Waals surface area contributed by atoms with E-state index < -0.39 is 6.04 Å². The molecule has 4 atom stereocenters. The number of carbonyl (C=O) groups excluding carboxylic acids is 2. The molecule has 44 heavy (non-hydrogen) atoms. The van der Waals surface area contributed by atoms with E-state index in [1.54, 1.807) is 47.6 Å². The van der Waals surface area contributed by atoms with E-state index in [9.17, 15) is 14.7 Å². The maximum atomic E-state index is 14.3. The minimum Gasteiger partial charge on any atom is -0.490 e. The summed E-state index contributed by atoms with van der Waals surface area (Å²) in [4.78, 5) is 35.3. The predicted molar refractivity (Wildman–Crippen MR) is 173 cm³/mol. The number of likely N-dealkylation sites (N-methyl/N-ethyl adjacent to an activating group) is 1. The lowest BCUT2D eigenvalue weighted by atomic mass is 9.89. The number of benzene rings is 1. The van der Waals surface area contributed by atoms with Crippen molar-refractivity contribution in [3.05, 3.63) is 53.9 Å². The summed E-state index contributed by atoms with van der Waals surface area (Å²) in [7, 11) is 2.19. The van der Waals surface area contributed by atoms with Crippen LogP contribution in [-0.4, -0.2) is 89.9 Å². The number of carbonyl (C=O) groups is 2. The van der Waals surface area contributed by atoms with Gasteiger partial charge in [-0.15, -0.1) is 0 Å². The van der Waals surface area contributed by atoms with Gasteiger partial charge in [-0.3, -0.25) is 14.6 Å². The first-order chi connectivity index (χ1) is 21.2. The van der Waals surface area contributed by atoms with Crippen LogP contribution in [0.5, 0.6) is 5.75 Å². The van der Waals surface area contributed by atoms with Crippen LogP contribution in [0, 0.1) is 11.8 Å². The van der Waals surface area contributed by atoms with Crippen LogP contribution in [0.15, 0.2) is 42.7 Å². The molecule has 2 amide bonds. The number of anilines is 1. The average Bonchev–Trinajstić information content (AvgIpc) is 3.03. The lowest BCUT2D eigenvalue weighted by Crippen LogP contribution is -2.47. The predicted octanol–water partition coefficient (Wildman–Crippen LogP) is 5.64. The summed E-state index contributed by atoms with van der Waals surface area (Å²) < 4.78 is 12.8. The zero-order valence-electron chi connectivity index (χ0n) is 27.0. The van der Waals surface area contributed by atoms with Crippen molar-refractivity contribution in [1.82, 2.24) is 14.8 Å². The molecule has 4 rings (SSSR count). The molecule has 1 saturated carbocycles. The van der Waals surface area contributed by atoms with Crippen molar-refractivity contribution < 1.29 is 24.2 Å². The minimum atomic E-state index is -0.418. The molecular weight excluding hydrogens is 556 g/mol. The lowest BCUT2D eigenvalue weighted by molar-refractivity contribution is -0.0190. The average molecular weight is 609 g/mol. The number of ether oxygens (including phenoxy) is 2. The van der Waals surface area contributed by atoms with Crippen molar-refractivity contribution in [3.8, 4) is 5.75 Å². The van der Waals surface area contributed by atoms with Crippen molar-refractivity contribution in [1.29, 1.82) is 0 Å². The van der Waals surface area contributed by atoms with Gasteiger partial charge in [0.25, 0.3) is 11.8 Å². The fourth-order valence-corrected chi connectivity index (χ4v) is 6.36. The standard InChI is InChI=1S/C35H52N4O5/c1-25-21-39(26(2)24-40)35(42)31-20-30(37-34(41)29-15-17-36-18-16-29)13-14-32(31)44-27(3)10-8-9-19-43-33(25)23-38(4)22-28-11-6-5-7-12-28/h13-18,20,25-28,33,40H,5-12,19,21-24H2,1-4H3,(H,37,41)/t25-,26+,27+,33-/m1/s1. The second-order valence-electron chi connectivity index (χ2n) is 12.9. The molecule has 1 aliphatic heterocycles. The summed E-state index contributed by atoms with van der Waals surface area (Å²) in [6.07, 6.45) is 12.3. The molecule has 1 fully saturated rings. The summed E-state index contributed by atoms with van der Waals surface area (Å²) in [5.74, 6) is 0.710. The maximum Gasteiger partial charge on any atom is 0.258 e. The number of aliphatic hydroxyl groups is 1. The molecule has 2 N–H and O–H groups in total. The van der Waals surface area contributed by atoms with Crippen molar-refractivity contribution in [2.75, 3.05) is 45.2 Å². The van der Waals surface area contributed by atoms with E-state index in [1.165, 1.54) is 32.1 Å². The van der Waals surface area contributed by atoms with Crippen molar-refractivity contribution in [3.63, 3.8) is 0 Å². The van der Waals surface area contributed by atoms with E-state index >= 15 is 0 Å². The number of nitrogens with one attached hydrogen (secondary N) is 1. The third kappa shape index (κ3) is 9.74. The van der Waals surface area contributed by atoms with Gasteiger partial charge >= 0.3 is 0 Å². The molecule has 2 heterocycles. The SMILES string of the molecule is C[C@@H]1CN([C@@H](C)CO)C(=O)c2cc(NC(=O)c3ccncc3)ccc2O[C@@H](C)CCCCO[C@@H]1CN(C)CC1CCCCC1. The van der Waals surface area contributed by atoms with Crippen LogP contribution in [0.3, 0.4) is 0 Å². The maximum absolute atomic E-state index is 14.3. The number of pyridine rings is 1. The molecule has 0 radical (unpaired) electrons. The first-order valence-corrected chi connectivity index (χ1v) is 16.5. The molecule has 1 aromatic heterocycles. The Kier molecular flexibility index (Phi) is 13.0. The number of aromatic nitrogens is 1. The Morgan fingerprint density at radius 2 is 1.80 bits per heavy atom. The molecule has 0 bridgehead atoms. The number of hydrogen-bond donors (Lipinski definition) is 2. The smallest absolute Gasteiger partial charge is 0.258 e. The third-order valence-electron chi connectivity index (χ3n) is 9.04. The molecule has 0 spiro atoms. The van der Waals surface area contributed by atoms with Crippen molar-refractivity contribution >= 4 is 17.5 Å². The Morgan fingerprint density at radius 1 is 1.07 bits per heavy atom. The fourth-order valence-electron chi connectivity index (χ4n) is 6.36. The third-order valence-corrected chi connectivity index (χ3v) is 9.04. The van der Waals surface area contributed by atoms with Crippen molar-refractivity contribution in [2.45, 2.75) is 90.4 Å². The molecule has 1 aliphatic carbocycles. The highest BCUT2D eigenvalue weighted by Crippen LogP contribution is 2.29. The van der Waals surface area contributed by atoms with Gasteiger partial charge in [0.1, 0.15) is 5.75 Å². The van der Waals surface area contributed by atoms with E-state index in [2.05, 4.69) is 29.2 Å². The van der Waals surface area contributed by atoms with Crippen LogP contribution < -0.4 is 10.1 Å². The Bertz CT molecular complexity index is 1190. The number of hydrogen-bond acceptors (Lipinski definition) is 7. The molecule has 9 nitrogen and oxygen atoms in total. The minimum absolute atomic E-state index is 0.0302. The Labute approximate surface area is 263 Å². The monoisotopic (exact) mass is 608 g/mol. The van der Waals surface area contributed by atoms with E-state index in [4.69, 9.17) is 9.47 Å². The van der Waals surface area contributed by atoms with Gasteiger partial charge in [0.15, 0.2) is 0 Å². The number of nitrogens with zero attached hydrogens (tertiary/aromatic N) is 3. The van der Waals surface area contributed by atoms with E-state index in [-0.39, 0.29) is 36.5 Å². The fraction of sp³-hybridized carbons (Fsp3) is 0.629. The van der Waals surface area contributed by atoms with Gasteiger partial charge in [-0.2, -0.15) is 0 Å². The summed E-state index contributed by atoms with van der Waals surface area (Å²) in [5.41, 5.74) is 1.33. The molecule has 2 aliphatic rings. The van der Waals surface area contributed by atoms with Gasteiger partial charge in [-0.1, -0.05) is 26.2 Å². The first-order valence-electron chi connectivity index (χ1n) is 16.5. The van der Waals surface area contributed by atoms with Gasteiger partial charge in [0.2, 0.25) is 0 Å². The number of rotatable bonds is 8. The number of aliphatic hydroxyl groups excluding tert-OH is 1. The van der Waals surface area contributed by atoms with Crippen LogP contribution >= 0.6 is 0 Å². The number of fused-ring (bicyclic) bond motifs is 1. The Hall–Kier alpha value is -3.01. The van der Waals surface area contributed by atoms with Gasteiger partial charge in [0.05, 0.1) is 30.4 Å². The quantitative estimate of drug-likeness (QED) is 0.400. The lowest BCUT2D eigenvalue weighted by Gasteiger charge is -2.36. The van der Waals surface area contributed by atoms with Gasteiger partial charge < -0.3 is 29.7 Å². The van der Waals surface area contributed by atoms with E-state index in [0.29, 0.717) is 35.7 Å². The second kappa shape index (κ2) is 16.9. The highest BCUT2D eigenvalue weighted by molar-refractivity contribution is 6.05. The van der Waals surface area contributed by atoms with Crippen LogP contribution in [0.4, 0.5) is 5.69 Å². The number of amides is 2. The van der Waals surface area contributed by atoms with E-state index in [0.717, 1.165) is 38.3 Å². The second-order valence-corrected chi connectivity index (χ2v) is 12.9. The molecular formula is C35H52N4O5. The highest BCUT2D eigenvalue weighted by Gasteiger charge is 2.31. The summed E-state index contributed by atoms with van der Waals surface area (Å²) in [6.45, 7) is 8.80. The molecule has 9 heteroatoms. The molecule has 0 unspecified atom stereocenters. The highest BCUT2D eigenvalue weighted by atomic mass is 16.5. The van der Waals surface area contributed by atoms with E-state index in [1.807, 2.05) is 13.8 Å². The molecule has 242 valence electrons. The van der Waals surface area contributed by atoms with Gasteiger partial charge in [0, 0.05) is 55.8 Å². The van der Waals surface area contributed by atoms with Crippen LogP contribution in [0.1, 0.15) is 92.9 Å².